The first-order valence-corrected chi connectivity index (χ1v) is 15.3. The van der Waals surface area contributed by atoms with Crippen LogP contribution in [0.3, 0.4) is 0 Å². The van der Waals surface area contributed by atoms with Crippen molar-refractivity contribution >= 4 is 44.2 Å². The quantitative estimate of drug-likeness (QED) is 0.217. The Morgan fingerprint density at radius 1 is 1.02 bits per heavy atom. The minimum atomic E-state index is -3.70. The molecule has 1 aliphatic rings. The monoisotopic (exact) mass is 578 g/mol. The molecular formula is C29H38N8O3S. The fourth-order valence-electron chi connectivity index (χ4n) is 5.18. The van der Waals surface area contributed by atoms with Crippen LogP contribution in [0.1, 0.15) is 49.4 Å². The minimum absolute atomic E-state index is 0.0242. The summed E-state index contributed by atoms with van der Waals surface area (Å²) in [6.07, 6.45) is 2.16. The lowest BCUT2D eigenvalue weighted by molar-refractivity contribution is 0.243. The fourth-order valence-corrected chi connectivity index (χ4v) is 6.22. The molecule has 1 fully saturated rings. The molecule has 0 amide bonds. The van der Waals surface area contributed by atoms with Gasteiger partial charge in [0, 0.05) is 19.8 Å². The van der Waals surface area contributed by atoms with Gasteiger partial charge in [0.25, 0.3) is 0 Å². The SMILES string of the molecule is Cc1cc(Nc2nc(Nc3ccccc3S(=O)(=O)N(C)C)c3c(C)[nH]nc3n2)c(OC(C)C)cc1C1CCNCC1. The number of piperidine rings is 1. The Bertz CT molecular complexity index is 1660. The average molecular weight is 579 g/mol. The fraction of sp³-hybridized carbons (Fsp3) is 0.414. The van der Waals surface area contributed by atoms with E-state index in [2.05, 4.69) is 50.2 Å². The number of ether oxygens (including phenoxy) is 1. The Balaban J connectivity index is 1.56. The summed E-state index contributed by atoms with van der Waals surface area (Å²) in [6, 6.07) is 11.0. The van der Waals surface area contributed by atoms with Crippen molar-refractivity contribution in [3.05, 3.63) is 53.2 Å². The molecule has 3 heterocycles. The zero-order valence-electron chi connectivity index (χ0n) is 24.4. The van der Waals surface area contributed by atoms with Gasteiger partial charge in [-0.1, -0.05) is 12.1 Å². The lowest BCUT2D eigenvalue weighted by Gasteiger charge is -2.26. The molecule has 1 saturated heterocycles. The van der Waals surface area contributed by atoms with Crippen molar-refractivity contribution in [2.45, 2.75) is 57.5 Å². The molecule has 2 aromatic heterocycles. The highest BCUT2D eigenvalue weighted by Gasteiger charge is 2.24. The van der Waals surface area contributed by atoms with Crippen molar-refractivity contribution in [2.75, 3.05) is 37.8 Å². The molecule has 0 unspecified atom stereocenters. The Morgan fingerprint density at radius 2 is 1.76 bits per heavy atom. The second-order valence-corrected chi connectivity index (χ2v) is 13.0. The third-order valence-electron chi connectivity index (χ3n) is 7.25. The number of anilines is 4. The number of nitrogens with one attached hydrogen (secondary N) is 4. The standard InChI is InChI=1S/C29H38N8O3S/c1-17(2)40-24-16-21(20-11-13-30-14-12-20)18(3)15-23(24)32-29-33-27(26-19(4)35-36-28(26)34-29)31-22-9-7-8-10-25(22)41(38,39)37(5)6/h7-10,15-17,20,30H,11-14H2,1-6H3,(H3,31,32,33,34,35,36). The van der Waals surface area contributed by atoms with Crippen LogP contribution in [0, 0.1) is 13.8 Å². The van der Waals surface area contributed by atoms with Crippen LogP contribution in [0.25, 0.3) is 11.0 Å². The molecule has 41 heavy (non-hydrogen) atoms. The molecule has 5 rings (SSSR count). The molecule has 0 atom stereocenters. The molecule has 0 spiro atoms. The summed E-state index contributed by atoms with van der Waals surface area (Å²) in [5.41, 5.74) is 4.83. The number of aromatic amines is 1. The molecule has 218 valence electrons. The van der Waals surface area contributed by atoms with Gasteiger partial charge in [-0.05, 0) is 94.9 Å². The zero-order valence-corrected chi connectivity index (χ0v) is 25.2. The van der Waals surface area contributed by atoms with Crippen LogP contribution in [-0.2, 0) is 10.0 Å². The second kappa shape index (κ2) is 11.6. The molecule has 4 aromatic rings. The highest BCUT2D eigenvalue weighted by Crippen LogP contribution is 2.38. The van der Waals surface area contributed by atoms with Crippen molar-refractivity contribution < 1.29 is 13.2 Å². The Labute approximate surface area is 241 Å². The maximum Gasteiger partial charge on any atom is 0.244 e. The highest BCUT2D eigenvalue weighted by atomic mass is 32.2. The molecule has 11 nitrogen and oxygen atoms in total. The van der Waals surface area contributed by atoms with Gasteiger partial charge in [0.1, 0.15) is 16.5 Å². The summed E-state index contributed by atoms with van der Waals surface area (Å²) in [5.74, 6) is 1.95. The van der Waals surface area contributed by atoms with Crippen molar-refractivity contribution in [1.82, 2.24) is 29.8 Å². The van der Waals surface area contributed by atoms with E-state index in [9.17, 15) is 8.42 Å². The van der Waals surface area contributed by atoms with E-state index < -0.39 is 10.0 Å². The number of nitrogens with zero attached hydrogens (tertiary/aromatic N) is 4. The smallest absolute Gasteiger partial charge is 0.244 e. The number of aromatic nitrogens is 4. The Hall–Kier alpha value is -3.74. The molecule has 0 bridgehead atoms. The molecular weight excluding hydrogens is 540 g/mol. The van der Waals surface area contributed by atoms with Gasteiger partial charge >= 0.3 is 0 Å². The molecule has 0 radical (unpaired) electrons. The van der Waals surface area contributed by atoms with Crippen LogP contribution in [0.2, 0.25) is 0 Å². The van der Waals surface area contributed by atoms with Crippen molar-refractivity contribution in [3.8, 4) is 5.75 Å². The maximum absolute atomic E-state index is 13.0. The van der Waals surface area contributed by atoms with E-state index in [0.29, 0.717) is 34.4 Å². The zero-order chi connectivity index (χ0) is 29.3. The number of hydrogen-bond donors (Lipinski definition) is 4. The third-order valence-corrected chi connectivity index (χ3v) is 9.12. The molecule has 0 aliphatic carbocycles. The number of aryl methyl sites for hydroxylation is 2. The van der Waals surface area contributed by atoms with Crippen molar-refractivity contribution in [1.29, 1.82) is 0 Å². The molecule has 12 heteroatoms. The molecule has 1 aliphatic heterocycles. The summed E-state index contributed by atoms with van der Waals surface area (Å²) in [6.45, 7) is 10.0. The van der Waals surface area contributed by atoms with E-state index in [0.717, 1.165) is 43.1 Å². The highest BCUT2D eigenvalue weighted by molar-refractivity contribution is 7.89. The van der Waals surface area contributed by atoms with Crippen LogP contribution < -0.4 is 20.7 Å². The minimum Gasteiger partial charge on any atom is -0.489 e. The Kier molecular flexibility index (Phi) is 8.16. The van der Waals surface area contributed by atoms with E-state index in [1.165, 1.54) is 29.5 Å². The maximum atomic E-state index is 13.0. The van der Waals surface area contributed by atoms with E-state index >= 15 is 0 Å². The normalized spacial score (nSPS) is 14.6. The Morgan fingerprint density at radius 3 is 2.46 bits per heavy atom. The number of rotatable bonds is 9. The van der Waals surface area contributed by atoms with Gasteiger partial charge in [-0.2, -0.15) is 15.1 Å². The number of fused-ring (bicyclic) bond motifs is 1. The summed E-state index contributed by atoms with van der Waals surface area (Å²) >= 11 is 0. The van der Waals surface area contributed by atoms with Crippen LogP contribution >= 0.6 is 0 Å². The molecule has 0 saturated carbocycles. The van der Waals surface area contributed by atoms with E-state index in [4.69, 9.17) is 9.72 Å². The number of benzene rings is 2. The lowest BCUT2D eigenvalue weighted by atomic mass is 9.87. The van der Waals surface area contributed by atoms with Crippen molar-refractivity contribution in [2.24, 2.45) is 0 Å². The van der Waals surface area contributed by atoms with Crippen molar-refractivity contribution in [3.63, 3.8) is 0 Å². The van der Waals surface area contributed by atoms with E-state index in [1.807, 2.05) is 20.8 Å². The average Bonchev–Trinajstić information content (AvgIpc) is 3.31. The number of sulfonamides is 1. The summed E-state index contributed by atoms with van der Waals surface area (Å²) in [5, 5.41) is 18.1. The number of para-hydroxylation sites is 1. The summed E-state index contributed by atoms with van der Waals surface area (Å²) in [7, 11) is -0.691. The van der Waals surface area contributed by atoms with Crippen LogP contribution in [-0.4, -0.2) is 66.2 Å². The summed E-state index contributed by atoms with van der Waals surface area (Å²) in [4.78, 5) is 9.59. The van der Waals surface area contributed by atoms with Crippen LogP contribution in [0.15, 0.2) is 41.3 Å². The first-order chi connectivity index (χ1) is 19.5. The predicted molar refractivity (Wildman–Crippen MR) is 162 cm³/mol. The summed E-state index contributed by atoms with van der Waals surface area (Å²) < 4.78 is 33.5. The third kappa shape index (κ3) is 5.99. The largest absolute Gasteiger partial charge is 0.489 e. The van der Waals surface area contributed by atoms with Crippen LogP contribution in [0.4, 0.5) is 23.1 Å². The predicted octanol–water partition coefficient (Wildman–Crippen LogP) is 4.96. The lowest BCUT2D eigenvalue weighted by Crippen LogP contribution is -2.27. The topological polar surface area (TPSA) is 137 Å². The van der Waals surface area contributed by atoms with Gasteiger partial charge in [-0.25, -0.2) is 12.7 Å². The first-order valence-electron chi connectivity index (χ1n) is 13.8. The van der Waals surface area contributed by atoms with E-state index in [1.54, 1.807) is 24.3 Å². The van der Waals surface area contributed by atoms with Crippen LogP contribution in [0.5, 0.6) is 5.75 Å². The van der Waals surface area contributed by atoms with Gasteiger partial charge in [0.15, 0.2) is 5.65 Å². The number of hydrogen-bond acceptors (Lipinski definition) is 9. The second-order valence-electron chi connectivity index (χ2n) is 10.9. The van der Waals surface area contributed by atoms with Gasteiger partial charge in [0.05, 0.1) is 22.9 Å². The van der Waals surface area contributed by atoms with Gasteiger partial charge in [-0.3, -0.25) is 5.10 Å². The van der Waals surface area contributed by atoms with E-state index in [-0.39, 0.29) is 11.0 Å². The molecule has 2 aromatic carbocycles. The van der Waals surface area contributed by atoms with Gasteiger partial charge in [0.2, 0.25) is 16.0 Å². The molecule has 4 N–H and O–H groups in total. The number of H-pyrrole nitrogens is 1. The first kappa shape index (κ1) is 28.8. The van der Waals surface area contributed by atoms with Gasteiger partial charge in [-0.15, -0.1) is 0 Å². The van der Waals surface area contributed by atoms with Gasteiger partial charge < -0.3 is 20.7 Å².